The van der Waals surface area contributed by atoms with Gasteiger partial charge in [0.25, 0.3) is 5.56 Å². The number of nitrogens with zero attached hydrogens (tertiary/aromatic N) is 2. The molecule has 0 unspecified atom stereocenters. The number of hydrogen-bond donors (Lipinski definition) is 2. The molecule has 0 aliphatic carbocycles. The minimum absolute atomic E-state index is 0.181. The van der Waals surface area contributed by atoms with Gasteiger partial charge in [0.1, 0.15) is 11.7 Å². The van der Waals surface area contributed by atoms with E-state index >= 15 is 0 Å². The third kappa shape index (κ3) is 5.16. The number of nitrogens with one attached hydrogen (secondary N) is 2. The van der Waals surface area contributed by atoms with Gasteiger partial charge in [-0.25, -0.2) is 4.98 Å². The Kier molecular flexibility index (Phi) is 7.25. The molecule has 3 aromatic carbocycles. The number of anilines is 2. The second kappa shape index (κ2) is 10.4. The van der Waals surface area contributed by atoms with Gasteiger partial charge in [-0.2, -0.15) is 0 Å². The lowest BCUT2D eigenvalue weighted by Gasteiger charge is -2.23. The smallest absolute Gasteiger partial charge is 0.278 e. The van der Waals surface area contributed by atoms with Crippen LogP contribution in [0.2, 0.25) is 0 Å². The quantitative estimate of drug-likeness (QED) is 0.350. The highest BCUT2D eigenvalue weighted by atomic mass is 16.2. The molecule has 0 saturated carbocycles. The number of amides is 2. The highest BCUT2D eigenvalue weighted by Crippen LogP contribution is 2.29. The number of para-hydroxylation sites is 2. The number of rotatable bonds is 6. The number of carbonyl (C=O) groups excluding carboxylic acids is 2. The van der Waals surface area contributed by atoms with Crippen molar-refractivity contribution in [1.29, 1.82) is 0 Å². The van der Waals surface area contributed by atoms with Crippen molar-refractivity contribution in [2.75, 3.05) is 10.6 Å². The molecule has 4 rings (SSSR count). The summed E-state index contributed by atoms with van der Waals surface area (Å²) in [6, 6.07) is 16.0. The Balaban J connectivity index is 1.92. The Labute approximate surface area is 216 Å². The lowest BCUT2D eigenvalue weighted by molar-refractivity contribution is -0.119. The van der Waals surface area contributed by atoms with Crippen molar-refractivity contribution in [3.63, 3.8) is 0 Å². The van der Waals surface area contributed by atoms with Crippen LogP contribution in [0, 0.1) is 27.7 Å². The Morgan fingerprint density at radius 2 is 1.59 bits per heavy atom. The summed E-state index contributed by atoms with van der Waals surface area (Å²) in [5, 5.41) is 5.88. The molecule has 0 bridgehead atoms. The molecule has 0 aliphatic rings. The summed E-state index contributed by atoms with van der Waals surface area (Å²) in [5.41, 5.74) is 6.68. The number of hydrogen-bond acceptors (Lipinski definition) is 4. The number of aryl methyl sites for hydroxylation is 4. The van der Waals surface area contributed by atoms with Crippen LogP contribution in [0.15, 0.2) is 59.4 Å². The minimum Gasteiger partial charge on any atom is -0.326 e. The van der Waals surface area contributed by atoms with Crippen molar-refractivity contribution in [3.05, 3.63) is 87.2 Å². The normalized spacial score (nSPS) is 11.8. The molecule has 7 heteroatoms. The van der Waals surface area contributed by atoms with Crippen LogP contribution in [-0.2, 0) is 9.59 Å². The molecule has 4 aromatic rings. The van der Waals surface area contributed by atoms with Gasteiger partial charge in [0.15, 0.2) is 0 Å². The summed E-state index contributed by atoms with van der Waals surface area (Å²) < 4.78 is 1.53. The number of fused-ring (bicyclic) bond motifs is 1. The fourth-order valence-corrected chi connectivity index (χ4v) is 4.86. The van der Waals surface area contributed by atoms with Crippen molar-refractivity contribution in [3.8, 4) is 11.3 Å². The Morgan fingerprint density at radius 3 is 2.24 bits per heavy atom. The second-order valence-electron chi connectivity index (χ2n) is 9.54. The van der Waals surface area contributed by atoms with Crippen LogP contribution >= 0.6 is 0 Å². The summed E-state index contributed by atoms with van der Waals surface area (Å²) in [6.07, 6.45) is 0.398. The topological polar surface area (TPSA) is 93.1 Å². The van der Waals surface area contributed by atoms with Crippen LogP contribution < -0.4 is 16.2 Å². The van der Waals surface area contributed by atoms with Gasteiger partial charge in [0, 0.05) is 18.2 Å². The van der Waals surface area contributed by atoms with E-state index in [1.165, 1.54) is 11.5 Å². The van der Waals surface area contributed by atoms with E-state index in [0.717, 1.165) is 27.9 Å². The highest BCUT2D eigenvalue weighted by molar-refractivity contribution is 5.97. The average molecular weight is 497 g/mol. The average Bonchev–Trinajstić information content (AvgIpc) is 2.83. The highest BCUT2D eigenvalue weighted by Gasteiger charge is 2.26. The number of aromatic nitrogens is 2. The predicted molar refractivity (Wildman–Crippen MR) is 149 cm³/mol. The van der Waals surface area contributed by atoms with Crippen LogP contribution in [0.1, 0.15) is 48.6 Å². The largest absolute Gasteiger partial charge is 0.326 e. The molecule has 1 aromatic heterocycles. The fraction of sp³-hybridized carbons (Fsp3) is 0.267. The van der Waals surface area contributed by atoms with E-state index in [9.17, 15) is 14.4 Å². The fourth-order valence-electron chi connectivity index (χ4n) is 4.86. The van der Waals surface area contributed by atoms with E-state index in [0.29, 0.717) is 28.7 Å². The van der Waals surface area contributed by atoms with Crippen LogP contribution in [-0.4, -0.2) is 21.4 Å². The van der Waals surface area contributed by atoms with Crippen LogP contribution in [0.4, 0.5) is 11.4 Å². The van der Waals surface area contributed by atoms with Gasteiger partial charge in [-0.1, -0.05) is 48.4 Å². The van der Waals surface area contributed by atoms with Crippen LogP contribution in [0.3, 0.4) is 0 Å². The molecule has 0 aliphatic heterocycles. The summed E-state index contributed by atoms with van der Waals surface area (Å²) in [6.45, 7) is 11.2. The zero-order valence-corrected chi connectivity index (χ0v) is 22.1. The first kappa shape index (κ1) is 25.8. The molecule has 7 nitrogen and oxygen atoms in total. The minimum atomic E-state index is -0.770. The molecule has 0 saturated heterocycles. The number of benzene rings is 3. The maximum Gasteiger partial charge on any atom is 0.278 e. The molecular formula is C30H32N4O3. The third-order valence-electron chi connectivity index (χ3n) is 6.46. The van der Waals surface area contributed by atoms with Gasteiger partial charge in [-0.3, -0.25) is 19.0 Å². The third-order valence-corrected chi connectivity index (χ3v) is 6.46. The summed E-state index contributed by atoms with van der Waals surface area (Å²) >= 11 is 0. The first-order valence-corrected chi connectivity index (χ1v) is 12.4. The first-order valence-electron chi connectivity index (χ1n) is 12.4. The van der Waals surface area contributed by atoms with E-state index in [1.54, 1.807) is 12.1 Å². The summed E-state index contributed by atoms with van der Waals surface area (Å²) in [7, 11) is 0. The maximum absolute atomic E-state index is 14.1. The Morgan fingerprint density at radius 1 is 0.919 bits per heavy atom. The summed E-state index contributed by atoms with van der Waals surface area (Å²) in [5.74, 6) is -0.519. The van der Waals surface area contributed by atoms with Gasteiger partial charge >= 0.3 is 0 Å². The van der Waals surface area contributed by atoms with E-state index in [1.807, 2.05) is 77.1 Å². The molecule has 2 amide bonds. The van der Waals surface area contributed by atoms with Gasteiger partial charge in [0.05, 0.1) is 16.7 Å². The van der Waals surface area contributed by atoms with Gasteiger partial charge < -0.3 is 10.6 Å². The zero-order valence-electron chi connectivity index (χ0n) is 22.1. The first-order chi connectivity index (χ1) is 17.6. The molecular weight excluding hydrogens is 464 g/mol. The lowest BCUT2D eigenvalue weighted by atomic mass is 10.0. The predicted octanol–water partition coefficient (Wildman–Crippen LogP) is 5.85. The van der Waals surface area contributed by atoms with E-state index in [2.05, 4.69) is 10.6 Å². The molecule has 1 atom stereocenters. The maximum atomic E-state index is 14.1. The van der Waals surface area contributed by atoms with Crippen molar-refractivity contribution in [1.82, 2.24) is 9.55 Å². The Bertz CT molecular complexity index is 1560. The molecule has 0 radical (unpaired) electrons. The van der Waals surface area contributed by atoms with Crippen molar-refractivity contribution < 1.29 is 9.59 Å². The lowest BCUT2D eigenvalue weighted by Crippen LogP contribution is -2.35. The van der Waals surface area contributed by atoms with Crippen LogP contribution in [0.5, 0.6) is 0 Å². The van der Waals surface area contributed by atoms with E-state index in [4.69, 9.17) is 4.98 Å². The molecule has 0 spiro atoms. The number of carbonyl (C=O) groups is 2. The van der Waals surface area contributed by atoms with Gasteiger partial charge in [-0.05, 0) is 69.5 Å². The SMILES string of the molecule is CC[C@@H](C(=O)Nc1c(C)cc(C)cc1C)n1c(=O)c(-c2cc(C)ccc2NC(C)=O)nc2ccccc21. The van der Waals surface area contributed by atoms with E-state index < -0.39 is 11.6 Å². The Hall–Kier alpha value is -4.26. The zero-order chi connectivity index (χ0) is 26.9. The van der Waals surface area contributed by atoms with Gasteiger partial charge in [0.2, 0.25) is 11.8 Å². The van der Waals surface area contributed by atoms with Crippen molar-refractivity contribution in [2.24, 2.45) is 0 Å². The molecule has 2 N–H and O–H groups in total. The molecule has 190 valence electrons. The van der Waals surface area contributed by atoms with E-state index in [-0.39, 0.29) is 17.5 Å². The van der Waals surface area contributed by atoms with Crippen molar-refractivity contribution >= 4 is 34.2 Å². The molecule has 37 heavy (non-hydrogen) atoms. The summed E-state index contributed by atoms with van der Waals surface area (Å²) in [4.78, 5) is 44.3. The standard InChI is InChI=1S/C30H32N4O3/c1-7-25(29(36)33-27-19(4)14-18(3)15-20(27)5)34-26-11-9-8-10-24(26)32-28(30(34)37)22-16-17(2)12-13-23(22)31-21(6)35/h8-16,25H,7H2,1-6H3,(H,31,35)(H,33,36)/t25-/m0/s1. The molecule has 1 heterocycles. The monoisotopic (exact) mass is 496 g/mol. The van der Waals surface area contributed by atoms with Crippen LogP contribution in [0.25, 0.3) is 22.3 Å². The second-order valence-corrected chi connectivity index (χ2v) is 9.54. The van der Waals surface area contributed by atoms with Crippen molar-refractivity contribution in [2.45, 2.75) is 54.0 Å². The van der Waals surface area contributed by atoms with Gasteiger partial charge in [-0.15, -0.1) is 0 Å². The molecule has 0 fully saturated rings.